The second-order valence-electron chi connectivity index (χ2n) is 5.65. The monoisotopic (exact) mass is 258 g/mol. The molecule has 1 aliphatic carbocycles. The second-order valence-corrected chi connectivity index (χ2v) is 5.65. The van der Waals surface area contributed by atoms with Crippen LogP contribution in [0.1, 0.15) is 27.2 Å². The normalized spacial score (nSPS) is 29.7. The fourth-order valence-electron chi connectivity index (χ4n) is 2.34. The zero-order chi connectivity index (χ0) is 13.8. The molecule has 0 aromatic heterocycles. The van der Waals surface area contributed by atoms with E-state index in [0.717, 1.165) is 6.42 Å². The van der Waals surface area contributed by atoms with Gasteiger partial charge in [-0.25, -0.2) is 0 Å². The summed E-state index contributed by atoms with van der Waals surface area (Å²) in [7, 11) is 3.37. The van der Waals surface area contributed by atoms with Crippen molar-refractivity contribution in [2.45, 2.75) is 38.8 Å². The van der Waals surface area contributed by atoms with Gasteiger partial charge in [-0.2, -0.15) is 0 Å². The number of hydrogen-bond acceptors (Lipinski definition) is 4. The van der Waals surface area contributed by atoms with Crippen LogP contribution < -0.4 is 10.6 Å². The molecule has 0 aliphatic heterocycles. The highest BCUT2D eigenvalue weighted by molar-refractivity contribution is 5.78. The predicted molar refractivity (Wildman–Crippen MR) is 70.5 cm³/mol. The van der Waals surface area contributed by atoms with E-state index in [-0.39, 0.29) is 23.0 Å². The van der Waals surface area contributed by atoms with Crippen LogP contribution in [0.5, 0.6) is 0 Å². The lowest BCUT2D eigenvalue weighted by Gasteiger charge is -2.59. The summed E-state index contributed by atoms with van der Waals surface area (Å²) in [5.74, 6) is 0.0299. The smallest absolute Gasteiger partial charge is 0.234 e. The van der Waals surface area contributed by atoms with Gasteiger partial charge >= 0.3 is 0 Å². The number of rotatable bonds is 7. The largest absolute Gasteiger partial charge is 0.383 e. The molecule has 106 valence electrons. The SMILES string of the molecule is COCCNCC(=O)NC1CC(C)(OC)C1(C)C. The third-order valence-corrected chi connectivity index (χ3v) is 4.38. The maximum absolute atomic E-state index is 11.7. The molecule has 1 rings (SSSR count). The Morgan fingerprint density at radius 3 is 2.50 bits per heavy atom. The molecule has 2 unspecified atom stereocenters. The molecule has 18 heavy (non-hydrogen) atoms. The average Bonchev–Trinajstić information content (AvgIpc) is 2.33. The van der Waals surface area contributed by atoms with Gasteiger partial charge < -0.3 is 20.1 Å². The molecule has 1 amide bonds. The number of nitrogens with one attached hydrogen (secondary N) is 2. The molecule has 5 nitrogen and oxygen atoms in total. The number of carbonyl (C=O) groups is 1. The van der Waals surface area contributed by atoms with E-state index in [2.05, 4.69) is 31.4 Å². The Labute approximate surface area is 110 Å². The molecule has 2 N–H and O–H groups in total. The lowest BCUT2D eigenvalue weighted by atomic mass is 9.56. The van der Waals surface area contributed by atoms with Crippen molar-refractivity contribution < 1.29 is 14.3 Å². The quantitative estimate of drug-likeness (QED) is 0.655. The third kappa shape index (κ3) is 3.02. The Bertz CT molecular complexity index is 294. The van der Waals surface area contributed by atoms with E-state index in [1.54, 1.807) is 14.2 Å². The lowest BCUT2D eigenvalue weighted by molar-refractivity contribution is -0.182. The summed E-state index contributed by atoms with van der Waals surface area (Å²) in [4.78, 5) is 11.7. The molecular formula is C13H26N2O3. The summed E-state index contributed by atoms with van der Waals surface area (Å²) < 4.78 is 10.4. The summed E-state index contributed by atoms with van der Waals surface area (Å²) in [5.41, 5.74) is -0.182. The van der Waals surface area contributed by atoms with E-state index < -0.39 is 0 Å². The Kier molecular flexibility index (Phi) is 5.13. The van der Waals surface area contributed by atoms with Crippen molar-refractivity contribution in [2.75, 3.05) is 33.9 Å². The maximum Gasteiger partial charge on any atom is 0.234 e. The van der Waals surface area contributed by atoms with Crippen molar-refractivity contribution in [3.8, 4) is 0 Å². The Hall–Kier alpha value is -0.650. The molecule has 0 spiro atoms. The Morgan fingerprint density at radius 2 is 2.00 bits per heavy atom. The first-order valence-corrected chi connectivity index (χ1v) is 6.41. The summed E-state index contributed by atoms with van der Waals surface area (Å²) in [6.07, 6.45) is 0.861. The van der Waals surface area contributed by atoms with Crippen LogP contribution in [-0.4, -0.2) is 51.5 Å². The maximum atomic E-state index is 11.7. The number of ether oxygens (including phenoxy) is 2. The minimum Gasteiger partial charge on any atom is -0.383 e. The molecule has 1 fully saturated rings. The average molecular weight is 258 g/mol. The van der Waals surface area contributed by atoms with Crippen molar-refractivity contribution in [1.82, 2.24) is 10.6 Å². The van der Waals surface area contributed by atoms with Gasteiger partial charge in [0.05, 0.1) is 18.8 Å². The van der Waals surface area contributed by atoms with Crippen LogP contribution in [0, 0.1) is 5.41 Å². The first kappa shape index (κ1) is 15.4. The summed E-state index contributed by atoms with van der Waals surface area (Å²) in [5, 5.41) is 6.08. The summed E-state index contributed by atoms with van der Waals surface area (Å²) in [6.45, 7) is 7.98. The molecule has 1 aliphatic rings. The van der Waals surface area contributed by atoms with Gasteiger partial charge in [0.2, 0.25) is 5.91 Å². The highest BCUT2D eigenvalue weighted by atomic mass is 16.5. The molecule has 5 heteroatoms. The van der Waals surface area contributed by atoms with Gasteiger partial charge in [0.25, 0.3) is 0 Å². The molecule has 0 radical (unpaired) electrons. The van der Waals surface area contributed by atoms with Crippen molar-refractivity contribution in [3.63, 3.8) is 0 Å². The van der Waals surface area contributed by atoms with E-state index in [1.165, 1.54) is 0 Å². The lowest BCUT2D eigenvalue weighted by Crippen LogP contribution is -2.69. The molecular weight excluding hydrogens is 232 g/mol. The predicted octanol–water partition coefficient (Wildman–Crippen LogP) is 0.542. The van der Waals surface area contributed by atoms with Crippen LogP contribution in [0.4, 0.5) is 0 Å². The van der Waals surface area contributed by atoms with Crippen molar-refractivity contribution in [2.24, 2.45) is 5.41 Å². The first-order chi connectivity index (χ1) is 8.37. The van der Waals surface area contributed by atoms with E-state index in [0.29, 0.717) is 19.7 Å². The van der Waals surface area contributed by atoms with E-state index in [9.17, 15) is 4.79 Å². The molecule has 0 saturated heterocycles. The van der Waals surface area contributed by atoms with E-state index >= 15 is 0 Å². The van der Waals surface area contributed by atoms with Crippen molar-refractivity contribution >= 4 is 5.91 Å². The molecule has 0 aromatic rings. The molecule has 2 atom stereocenters. The van der Waals surface area contributed by atoms with Crippen LogP contribution >= 0.6 is 0 Å². The topological polar surface area (TPSA) is 59.6 Å². The number of carbonyl (C=O) groups excluding carboxylic acids is 1. The van der Waals surface area contributed by atoms with Gasteiger partial charge in [0.1, 0.15) is 0 Å². The van der Waals surface area contributed by atoms with Crippen LogP contribution in [0.15, 0.2) is 0 Å². The molecule has 0 bridgehead atoms. The van der Waals surface area contributed by atoms with Crippen molar-refractivity contribution in [3.05, 3.63) is 0 Å². The van der Waals surface area contributed by atoms with Gasteiger partial charge in [0.15, 0.2) is 0 Å². The Morgan fingerprint density at radius 1 is 1.33 bits per heavy atom. The number of amides is 1. The zero-order valence-electron chi connectivity index (χ0n) is 12.1. The second kappa shape index (κ2) is 5.99. The van der Waals surface area contributed by atoms with E-state index in [4.69, 9.17) is 9.47 Å². The van der Waals surface area contributed by atoms with Crippen LogP contribution in [0.3, 0.4) is 0 Å². The van der Waals surface area contributed by atoms with Gasteiger partial charge in [-0.3, -0.25) is 4.79 Å². The van der Waals surface area contributed by atoms with Gasteiger partial charge in [-0.1, -0.05) is 13.8 Å². The van der Waals surface area contributed by atoms with Crippen LogP contribution in [0.25, 0.3) is 0 Å². The Balaban J connectivity index is 2.30. The summed E-state index contributed by atoms with van der Waals surface area (Å²) in [6, 6.07) is 0.180. The minimum atomic E-state index is -0.144. The van der Waals surface area contributed by atoms with Crippen molar-refractivity contribution in [1.29, 1.82) is 0 Å². The third-order valence-electron chi connectivity index (χ3n) is 4.38. The molecule has 0 aromatic carbocycles. The van der Waals surface area contributed by atoms with Gasteiger partial charge in [-0.05, 0) is 13.3 Å². The standard InChI is InChI=1S/C13H26N2O3/c1-12(2)10(8-13(12,3)18-5)15-11(16)9-14-6-7-17-4/h10,14H,6-9H2,1-5H3,(H,15,16). The first-order valence-electron chi connectivity index (χ1n) is 6.41. The van der Waals surface area contributed by atoms with Gasteiger partial charge in [-0.15, -0.1) is 0 Å². The fourth-order valence-corrected chi connectivity index (χ4v) is 2.34. The molecule has 0 heterocycles. The molecule has 1 saturated carbocycles. The van der Waals surface area contributed by atoms with Crippen LogP contribution in [0.2, 0.25) is 0 Å². The van der Waals surface area contributed by atoms with Crippen LogP contribution in [-0.2, 0) is 14.3 Å². The number of hydrogen-bond donors (Lipinski definition) is 2. The highest BCUT2D eigenvalue weighted by Crippen LogP contribution is 2.51. The van der Waals surface area contributed by atoms with Gasteiger partial charge in [0, 0.05) is 32.2 Å². The summed E-state index contributed by atoms with van der Waals surface area (Å²) >= 11 is 0. The van der Waals surface area contributed by atoms with E-state index in [1.807, 2.05) is 0 Å². The highest BCUT2D eigenvalue weighted by Gasteiger charge is 2.58. The number of methoxy groups -OCH3 is 2. The zero-order valence-corrected chi connectivity index (χ0v) is 12.1. The minimum absolute atomic E-state index is 0.0299. The fraction of sp³-hybridized carbons (Fsp3) is 0.923.